The Labute approximate surface area is 113 Å². The molecule has 5 heteroatoms. The maximum Gasteiger partial charge on any atom is 0.331 e. The van der Waals surface area contributed by atoms with Crippen molar-refractivity contribution in [3.8, 4) is 11.3 Å². The number of aromatic amines is 1. The van der Waals surface area contributed by atoms with E-state index in [1.54, 1.807) is 15.7 Å². The number of rotatable bonds is 1. The van der Waals surface area contributed by atoms with E-state index in [1.165, 1.54) is 12.0 Å². The van der Waals surface area contributed by atoms with Crippen LogP contribution in [0.1, 0.15) is 24.1 Å². The summed E-state index contributed by atoms with van der Waals surface area (Å²) in [4.78, 5) is 19.8. The molecule has 3 heterocycles. The van der Waals surface area contributed by atoms with Gasteiger partial charge in [0.1, 0.15) is 5.65 Å². The number of nitrogens with zero attached hydrogens (tertiary/aromatic N) is 2. The molecule has 1 N–H and O–H groups in total. The first-order valence-electron chi connectivity index (χ1n) is 6.48. The summed E-state index contributed by atoms with van der Waals surface area (Å²) in [5.41, 5.74) is 5.01. The molecule has 0 bridgehead atoms. The van der Waals surface area contributed by atoms with Crippen LogP contribution < -0.4 is 5.69 Å². The first kappa shape index (κ1) is 11.0. The fourth-order valence-electron chi connectivity index (χ4n) is 2.78. The molecule has 96 valence electrons. The number of H-pyrrole nitrogens is 1. The largest absolute Gasteiger partial charge is 0.331 e. The second-order valence-electron chi connectivity index (χ2n) is 4.93. The number of hydrogen-bond donors (Lipinski definition) is 1. The van der Waals surface area contributed by atoms with Crippen molar-refractivity contribution in [2.24, 2.45) is 0 Å². The van der Waals surface area contributed by atoms with Crippen molar-refractivity contribution in [1.82, 2.24) is 14.4 Å². The van der Waals surface area contributed by atoms with E-state index in [9.17, 15) is 4.79 Å². The predicted octanol–water partition coefficient (Wildman–Crippen LogP) is 2.63. The van der Waals surface area contributed by atoms with E-state index in [-0.39, 0.29) is 5.69 Å². The topological polar surface area (TPSA) is 50.2 Å². The second-order valence-corrected chi connectivity index (χ2v) is 5.71. The van der Waals surface area contributed by atoms with Crippen molar-refractivity contribution < 1.29 is 0 Å². The molecule has 0 unspecified atom stereocenters. The highest BCUT2D eigenvalue weighted by Crippen LogP contribution is 2.25. The Morgan fingerprint density at radius 3 is 3.05 bits per heavy atom. The summed E-state index contributed by atoms with van der Waals surface area (Å²) in [7, 11) is 0. The van der Waals surface area contributed by atoms with Crippen molar-refractivity contribution in [2.45, 2.75) is 25.7 Å². The number of hydrogen-bond acceptors (Lipinski definition) is 3. The molecule has 0 amide bonds. The molecule has 19 heavy (non-hydrogen) atoms. The highest BCUT2D eigenvalue weighted by molar-refractivity contribution is 7.08. The Balaban J connectivity index is 2.02. The van der Waals surface area contributed by atoms with E-state index in [4.69, 9.17) is 0 Å². The minimum atomic E-state index is -0.0790. The number of aromatic nitrogens is 3. The fourth-order valence-corrected chi connectivity index (χ4v) is 3.43. The van der Waals surface area contributed by atoms with E-state index >= 15 is 0 Å². The van der Waals surface area contributed by atoms with E-state index in [0.29, 0.717) is 0 Å². The molecule has 0 radical (unpaired) electrons. The van der Waals surface area contributed by atoms with E-state index in [1.807, 2.05) is 17.6 Å². The van der Waals surface area contributed by atoms with Gasteiger partial charge in [0.2, 0.25) is 0 Å². The second kappa shape index (κ2) is 4.06. The Hall–Kier alpha value is -1.88. The average Bonchev–Trinajstić information content (AvgIpc) is 3.08. The zero-order valence-electron chi connectivity index (χ0n) is 10.3. The van der Waals surface area contributed by atoms with Gasteiger partial charge in [-0.15, -0.1) is 0 Å². The SMILES string of the molecule is O=c1[nH]c2c(c3nc(-c4ccsc4)cn13)CCCC2. The lowest BCUT2D eigenvalue weighted by Crippen LogP contribution is -2.21. The lowest BCUT2D eigenvalue weighted by molar-refractivity contribution is 0.659. The Bertz CT molecular complexity index is 798. The molecule has 0 saturated carbocycles. The van der Waals surface area contributed by atoms with Crippen LogP contribution in [0.5, 0.6) is 0 Å². The summed E-state index contributed by atoms with van der Waals surface area (Å²) in [6.07, 6.45) is 6.13. The summed E-state index contributed by atoms with van der Waals surface area (Å²) < 4.78 is 1.65. The molecule has 0 aliphatic heterocycles. The summed E-state index contributed by atoms with van der Waals surface area (Å²) >= 11 is 1.64. The molecule has 3 aromatic rings. The van der Waals surface area contributed by atoms with Gasteiger partial charge in [0.05, 0.1) is 5.69 Å². The van der Waals surface area contributed by atoms with Gasteiger partial charge in [0, 0.05) is 28.4 Å². The van der Waals surface area contributed by atoms with Crippen LogP contribution in [-0.2, 0) is 12.8 Å². The van der Waals surface area contributed by atoms with Gasteiger partial charge >= 0.3 is 5.69 Å². The number of thiophene rings is 1. The lowest BCUT2D eigenvalue weighted by atomic mass is 9.97. The van der Waals surface area contributed by atoms with Crippen molar-refractivity contribution >= 4 is 17.0 Å². The third kappa shape index (κ3) is 1.65. The van der Waals surface area contributed by atoms with Crippen LogP contribution in [0, 0.1) is 0 Å². The van der Waals surface area contributed by atoms with Crippen molar-refractivity contribution in [3.63, 3.8) is 0 Å². The van der Waals surface area contributed by atoms with Crippen molar-refractivity contribution in [2.75, 3.05) is 0 Å². The molecule has 0 aromatic carbocycles. The van der Waals surface area contributed by atoms with E-state index in [2.05, 4.69) is 15.3 Å². The Kier molecular flexibility index (Phi) is 2.35. The van der Waals surface area contributed by atoms with Crippen molar-refractivity contribution in [1.29, 1.82) is 0 Å². The lowest BCUT2D eigenvalue weighted by Gasteiger charge is -2.15. The molecule has 1 aliphatic carbocycles. The molecule has 0 atom stereocenters. The van der Waals surface area contributed by atoms with Crippen LogP contribution >= 0.6 is 11.3 Å². The molecule has 3 aromatic heterocycles. The van der Waals surface area contributed by atoms with Crippen LogP contribution in [0.15, 0.2) is 27.8 Å². The van der Waals surface area contributed by atoms with Gasteiger partial charge in [-0.2, -0.15) is 11.3 Å². The maximum atomic E-state index is 12.1. The van der Waals surface area contributed by atoms with Crippen LogP contribution in [0.4, 0.5) is 0 Å². The highest BCUT2D eigenvalue weighted by atomic mass is 32.1. The first-order valence-corrected chi connectivity index (χ1v) is 7.43. The standard InChI is InChI=1S/C14H13N3OS/c18-14-16-11-4-2-1-3-10(11)13-15-12(7-17(13)14)9-5-6-19-8-9/h5-8H,1-4H2,(H,16,18). The number of fused-ring (bicyclic) bond motifs is 3. The minimum absolute atomic E-state index is 0.0790. The molecule has 4 rings (SSSR count). The normalized spacial score (nSPS) is 14.7. The predicted molar refractivity (Wildman–Crippen MR) is 75.8 cm³/mol. The number of imidazole rings is 1. The van der Waals surface area contributed by atoms with Crippen LogP contribution in [0.2, 0.25) is 0 Å². The molecule has 0 fully saturated rings. The quantitative estimate of drug-likeness (QED) is 0.739. The van der Waals surface area contributed by atoms with Gasteiger partial charge in [-0.1, -0.05) is 0 Å². The Morgan fingerprint density at radius 1 is 1.32 bits per heavy atom. The third-order valence-corrected chi connectivity index (χ3v) is 4.42. The molecular formula is C14H13N3OS. The molecule has 1 aliphatic rings. The monoisotopic (exact) mass is 271 g/mol. The zero-order chi connectivity index (χ0) is 12.8. The molecule has 0 spiro atoms. The van der Waals surface area contributed by atoms with Gasteiger partial charge in [-0.05, 0) is 37.1 Å². The van der Waals surface area contributed by atoms with E-state index < -0.39 is 0 Å². The zero-order valence-corrected chi connectivity index (χ0v) is 11.2. The average molecular weight is 271 g/mol. The van der Waals surface area contributed by atoms with Gasteiger partial charge in [-0.3, -0.25) is 4.40 Å². The van der Waals surface area contributed by atoms with E-state index in [0.717, 1.165) is 41.9 Å². The maximum absolute atomic E-state index is 12.1. The van der Waals surface area contributed by atoms with Crippen LogP contribution in [0.25, 0.3) is 16.9 Å². The van der Waals surface area contributed by atoms with Gasteiger partial charge in [0.25, 0.3) is 0 Å². The highest BCUT2D eigenvalue weighted by Gasteiger charge is 2.17. The van der Waals surface area contributed by atoms with Crippen LogP contribution in [0.3, 0.4) is 0 Å². The number of nitrogens with one attached hydrogen (secondary N) is 1. The summed E-state index contributed by atoms with van der Waals surface area (Å²) in [6.45, 7) is 0. The Morgan fingerprint density at radius 2 is 2.21 bits per heavy atom. The van der Waals surface area contributed by atoms with Gasteiger partial charge < -0.3 is 4.98 Å². The smallest absolute Gasteiger partial charge is 0.311 e. The molecule has 4 nitrogen and oxygen atoms in total. The first-order chi connectivity index (χ1) is 9.33. The summed E-state index contributed by atoms with van der Waals surface area (Å²) in [5.74, 6) is 0. The van der Waals surface area contributed by atoms with Crippen molar-refractivity contribution in [3.05, 3.63) is 44.8 Å². The molecule has 0 saturated heterocycles. The summed E-state index contributed by atoms with van der Waals surface area (Å²) in [5, 5.41) is 4.08. The van der Waals surface area contributed by atoms with Crippen LogP contribution in [-0.4, -0.2) is 14.4 Å². The third-order valence-electron chi connectivity index (χ3n) is 3.74. The fraction of sp³-hybridized carbons (Fsp3) is 0.286. The van der Waals surface area contributed by atoms with Gasteiger partial charge in [0.15, 0.2) is 0 Å². The number of aryl methyl sites for hydroxylation is 2. The van der Waals surface area contributed by atoms with Gasteiger partial charge in [-0.25, -0.2) is 9.78 Å². The summed E-state index contributed by atoms with van der Waals surface area (Å²) in [6, 6.07) is 2.03. The minimum Gasteiger partial charge on any atom is -0.311 e. The molecular weight excluding hydrogens is 258 g/mol.